The molecule has 26 heavy (non-hydrogen) atoms. The molecule has 0 atom stereocenters. The van der Waals surface area contributed by atoms with Crippen LogP contribution >= 0.6 is 11.8 Å². The minimum atomic E-state index is 0.705. The third kappa shape index (κ3) is 3.53. The second-order valence-corrected chi connectivity index (χ2v) is 6.87. The second-order valence-electron chi connectivity index (χ2n) is 5.93. The van der Waals surface area contributed by atoms with E-state index in [4.69, 9.17) is 9.47 Å². The van der Waals surface area contributed by atoms with Crippen molar-refractivity contribution in [2.24, 2.45) is 7.05 Å². The standard InChI is InChI=1S/C19H22N4O2S/c1-12-10-20-16(13(2)17(12)25-5)11-26-19-22-21-18(23(19)3)14-6-8-15(24-4)9-7-14/h6-10H,11H2,1-5H3. The van der Waals surface area contributed by atoms with Crippen molar-refractivity contribution in [3.63, 3.8) is 0 Å². The topological polar surface area (TPSA) is 62.1 Å². The summed E-state index contributed by atoms with van der Waals surface area (Å²) >= 11 is 1.61. The molecule has 0 aliphatic carbocycles. The van der Waals surface area contributed by atoms with Crippen LogP contribution in [0.5, 0.6) is 11.5 Å². The van der Waals surface area contributed by atoms with Crippen molar-refractivity contribution in [3.8, 4) is 22.9 Å². The number of benzene rings is 1. The molecule has 0 saturated heterocycles. The van der Waals surface area contributed by atoms with Crippen molar-refractivity contribution in [3.05, 3.63) is 47.3 Å². The smallest absolute Gasteiger partial charge is 0.191 e. The fraction of sp³-hybridized carbons (Fsp3) is 0.316. The van der Waals surface area contributed by atoms with E-state index < -0.39 is 0 Å². The third-order valence-corrected chi connectivity index (χ3v) is 5.30. The van der Waals surface area contributed by atoms with E-state index >= 15 is 0 Å². The summed E-state index contributed by atoms with van der Waals surface area (Å²) in [7, 11) is 5.32. The normalized spacial score (nSPS) is 10.8. The number of aryl methyl sites for hydroxylation is 1. The fourth-order valence-corrected chi connectivity index (χ4v) is 3.72. The lowest BCUT2D eigenvalue weighted by Crippen LogP contribution is -2.00. The Morgan fingerprint density at radius 3 is 2.42 bits per heavy atom. The van der Waals surface area contributed by atoms with Gasteiger partial charge in [-0.05, 0) is 38.1 Å². The van der Waals surface area contributed by atoms with Gasteiger partial charge in [0.25, 0.3) is 0 Å². The van der Waals surface area contributed by atoms with Crippen LogP contribution in [0.3, 0.4) is 0 Å². The van der Waals surface area contributed by atoms with E-state index in [1.54, 1.807) is 26.0 Å². The SMILES string of the molecule is COc1ccc(-c2nnc(SCc3ncc(C)c(OC)c3C)n2C)cc1. The second kappa shape index (κ2) is 7.78. The largest absolute Gasteiger partial charge is 0.497 e. The molecule has 0 radical (unpaired) electrons. The summed E-state index contributed by atoms with van der Waals surface area (Å²) in [6, 6.07) is 7.80. The summed E-state index contributed by atoms with van der Waals surface area (Å²) in [6.45, 7) is 4.04. The number of methoxy groups -OCH3 is 2. The average Bonchev–Trinajstić information content (AvgIpc) is 3.02. The Kier molecular flexibility index (Phi) is 5.46. The molecule has 0 spiro atoms. The Labute approximate surface area is 157 Å². The van der Waals surface area contributed by atoms with Gasteiger partial charge in [0.1, 0.15) is 11.5 Å². The van der Waals surface area contributed by atoms with Gasteiger partial charge in [0.15, 0.2) is 11.0 Å². The lowest BCUT2D eigenvalue weighted by molar-refractivity contribution is 0.407. The molecule has 0 unspecified atom stereocenters. The maximum Gasteiger partial charge on any atom is 0.191 e. The molecule has 0 saturated carbocycles. The molecule has 0 aliphatic rings. The number of ether oxygens (including phenoxy) is 2. The van der Waals surface area contributed by atoms with E-state index in [-0.39, 0.29) is 0 Å². The summed E-state index contributed by atoms with van der Waals surface area (Å²) in [4.78, 5) is 4.54. The van der Waals surface area contributed by atoms with Crippen molar-refractivity contribution < 1.29 is 9.47 Å². The monoisotopic (exact) mass is 370 g/mol. The first-order valence-corrected chi connectivity index (χ1v) is 9.19. The quantitative estimate of drug-likeness (QED) is 0.615. The number of hydrogen-bond acceptors (Lipinski definition) is 6. The minimum absolute atomic E-state index is 0.705. The zero-order valence-corrected chi connectivity index (χ0v) is 16.4. The number of aromatic nitrogens is 4. The summed E-state index contributed by atoms with van der Waals surface area (Å²) in [5, 5.41) is 9.50. The van der Waals surface area contributed by atoms with Gasteiger partial charge in [0, 0.05) is 35.7 Å². The van der Waals surface area contributed by atoms with E-state index in [9.17, 15) is 0 Å². The number of hydrogen-bond donors (Lipinski definition) is 0. The molecule has 2 aromatic heterocycles. The van der Waals surface area contributed by atoms with Crippen LogP contribution in [0, 0.1) is 13.8 Å². The van der Waals surface area contributed by atoms with Gasteiger partial charge in [-0.3, -0.25) is 4.98 Å². The van der Waals surface area contributed by atoms with Crippen LogP contribution in [0.2, 0.25) is 0 Å². The zero-order chi connectivity index (χ0) is 18.7. The molecule has 3 aromatic rings. The molecular weight excluding hydrogens is 348 g/mol. The first kappa shape index (κ1) is 18.3. The van der Waals surface area contributed by atoms with Crippen LogP contribution < -0.4 is 9.47 Å². The van der Waals surface area contributed by atoms with Gasteiger partial charge in [-0.1, -0.05) is 11.8 Å². The summed E-state index contributed by atoms with van der Waals surface area (Å²) in [5.41, 5.74) is 4.10. The molecule has 7 heteroatoms. The van der Waals surface area contributed by atoms with Crippen LogP contribution in [0.1, 0.15) is 16.8 Å². The summed E-state index contributed by atoms with van der Waals surface area (Å²) < 4.78 is 12.7. The van der Waals surface area contributed by atoms with E-state index in [0.717, 1.165) is 44.9 Å². The van der Waals surface area contributed by atoms with Crippen LogP contribution in [-0.2, 0) is 12.8 Å². The first-order chi connectivity index (χ1) is 12.5. The van der Waals surface area contributed by atoms with Gasteiger partial charge in [-0.15, -0.1) is 10.2 Å². The molecule has 0 aliphatic heterocycles. The number of nitrogens with zero attached hydrogens (tertiary/aromatic N) is 4. The lowest BCUT2D eigenvalue weighted by atomic mass is 10.1. The molecule has 0 amide bonds. The van der Waals surface area contributed by atoms with Gasteiger partial charge in [0.2, 0.25) is 0 Å². The highest BCUT2D eigenvalue weighted by molar-refractivity contribution is 7.98. The van der Waals surface area contributed by atoms with E-state index in [1.165, 1.54) is 0 Å². The summed E-state index contributed by atoms with van der Waals surface area (Å²) in [6.07, 6.45) is 1.85. The van der Waals surface area contributed by atoms with Crippen LogP contribution in [0.15, 0.2) is 35.6 Å². The van der Waals surface area contributed by atoms with Gasteiger partial charge >= 0.3 is 0 Å². The Balaban J connectivity index is 1.79. The fourth-order valence-electron chi connectivity index (χ4n) is 2.78. The zero-order valence-electron chi connectivity index (χ0n) is 15.6. The first-order valence-electron chi connectivity index (χ1n) is 8.20. The third-order valence-electron chi connectivity index (χ3n) is 4.27. The predicted octanol–water partition coefficient (Wildman–Crippen LogP) is 3.80. The average molecular weight is 370 g/mol. The lowest BCUT2D eigenvalue weighted by Gasteiger charge is -2.11. The highest BCUT2D eigenvalue weighted by Crippen LogP contribution is 2.30. The molecule has 136 valence electrons. The summed E-state index contributed by atoms with van der Waals surface area (Å²) in [5.74, 6) is 3.24. The van der Waals surface area contributed by atoms with E-state index in [1.807, 2.05) is 55.9 Å². The van der Waals surface area contributed by atoms with Crippen LogP contribution in [0.25, 0.3) is 11.4 Å². The minimum Gasteiger partial charge on any atom is -0.497 e. The Bertz CT molecular complexity index is 907. The number of rotatable bonds is 6. The molecule has 0 bridgehead atoms. The van der Waals surface area contributed by atoms with Crippen LogP contribution in [0.4, 0.5) is 0 Å². The molecule has 3 rings (SSSR count). The molecular formula is C19H22N4O2S. The van der Waals surface area contributed by atoms with Gasteiger partial charge < -0.3 is 14.0 Å². The maximum atomic E-state index is 5.48. The van der Waals surface area contributed by atoms with Crippen molar-refractivity contribution in [2.75, 3.05) is 14.2 Å². The Morgan fingerprint density at radius 1 is 1.04 bits per heavy atom. The molecule has 0 N–H and O–H groups in total. The van der Waals surface area contributed by atoms with Gasteiger partial charge in [-0.2, -0.15) is 0 Å². The maximum absolute atomic E-state index is 5.48. The van der Waals surface area contributed by atoms with Crippen molar-refractivity contribution in [1.82, 2.24) is 19.7 Å². The van der Waals surface area contributed by atoms with E-state index in [2.05, 4.69) is 15.2 Å². The highest BCUT2D eigenvalue weighted by Gasteiger charge is 2.14. The van der Waals surface area contributed by atoms with Crippen molar-refractivity contribution >= 4 is 11.8 Å². The molecule has 0 fully saturated rings. The van der Waals surface area contributed by atoms with E-state index in [0.29, 0.717) is 5.75 Å². The van der Waals surface area contributed by atoms with Gasteiger partial charge in [-0.25, -0.2) is 0 Å². The molecule has 2 heterocycles. The molecule has 1 aromatic carbocycles. The Morgan fingerprint density at radius 2 is 1.77 bits per heavy atom. The van der Waals surface area contributed by atoms with Crippen LogP contribution in [-0.4, -0.2) is 34.0 Å². The predicted molar refractivity (Wildman–Crippen MR) is 103 cm³/mol. The van der Waals surface area contributed by atoms with Gasteiger partial charge in [0.05, 0.1) is 19.9 Å². The highest BCUT2D eigenvalue weighted by atomic mass is 32.2. The van der Waals surface area contributed by atoms with Crippen molar-refractivity contribution in [1.29, 1.82) is 0 Å². The number of thioether (sulfide) groups is 1. The van der Waals surface area contributed by atoms with Crippen molar-refractivity contribution in [2.45, 2.75) is 24.8 Å². The number of pyridine rings is 1. The Hall–Kier alpha value is -2.54. The molecule has 6 nitrogen and oxygen atoms in total.